The number of barbiturate groups is 1. The van der Waals surface area contributed by atoms with Crippen LogP contribution in [0.15, 0.2) is 40.5 Å². The molecule has 1 saturated heterocycles. The number of benzene rings is 1. The Morgan fingerprint density at radius 3 is 2.71 bits per heavy atom. The van der Waals surface area contributed by atoms with E-state index >= 15 is 0 Å². The Morgan fingerprint density at radius 2 is 2.07 bits per heavy atom. The van der Waals surface area contributed by atoms with E-state index in [1.165, 1.54) is 25.5 Å². The average molecular weight is 405 g/mol. The quantitative estimate of drug-likeness (QED) is 0.587. The molecule has 1 fully saturated rings. The molecule has 0 unspecified atom stereocenters. The lowest BCUT2D eigenvalue weighted by Crippen LogP contribution is -2.53. The molecule has 2 heterocycles. The minimum Gasteiger partial charge on any atom is -0.491 e. The normalized spacial score (nSPS) is 15.8. The third-order valence-electron chi connectivity index (χ3n) is 3.93. The summed E-state index contributed by atoms with van der Waals surface area (Å²) in [5.41, 5.74) is 0.231. The highest BCUT2D eigenvalue weighted by molar-refractivity contribution is 6.33. The number of methoxy groups -OCH3 is 1. The minimum absolute atomic E-state index is 0.101. The maximum absolute atomic E-state index is 12.7. The Bertz CT molecular complexity index is 952. The smallest absolute Gasteiger partial charge is 0.331 e. The molecule has 1 aliphatic rings. The molecule has 0 saturated carbocycles. The molecular weight excluding hydrogens is 388 g/mol. The van der Waals surface area contributed by atoms with E-state index < -0.39 is 17.8 Å². The van der Waals surface area contributed by atoms with Crippen molar-refractivity contribution in [2.24, 2.45) is 0 Å². The lowest BCUT2D eigenvalue weighted by Gasteiger charge is -2.25. The Hall–Kier alpha value is -3.26. The summed E-state index contributed by atoms with van der Waals surface area (Å²) in [4.78, 5) is 37.9. The van der Waals surface area contributed by atoms with Gasteiger partial charge in [-0.2, -0.15) is 0 Å². The SMILES string of the molecule is CCOc1cc(/C=C2\C(=O)NC(=O)N(Cc3ccco3)C2=O)cc(Cl)c1OC. The number of amides is 4. The summed E-state index contributed by atoms with van der Waals surface area (Å²) in [6, 6.07) is 5.57. The predicted octanol–water partition coefficient (Wildman–Crippen LogP) is 3.00. The first kappa shape index (κ1) is 19.5. The molecule has 3 rings (SSSR count). The summed E-state index contributed by atoms with van der Waals surface area (Å²) in [5.74, 6) is -0.412. The van der Waals surface area contributed by atoms with Crippen molar-refractivity contribution < 1.29 is 28.3 Å². The first-order valence-electron chi connectivity index (χ1n) is 8.36. The number of imide groups is 2. The third kappa shape index (κ3) is 3.86. The second kappa shape index (κ2) is 8.18. The van der Waals surface area contributed by atoms with Crippen LogP contribution in [0.25, 0.3) is 6.08 Å². The van der Waals surface area contributed by atoms with Gasteiger partial charge >= 0.3 is 6.03 Å². The molecule has 4 amide bonds. The Labute approximate surface area is 165 Å². The van der Waals surface area contributed by atoms with Crippen LogP contribution in [0.4, 0.5) is 4.79 Å². The van der Waals surface area contributed by atoms with E-state index in [2.05, 4.69) is 5.32 Å². The van der Waals surface area contributed by atoms with Gasteiger partial charge in [-0.05, 0) is 42.8 Å². The van der Waals surface area contributed by atoms with Crippen molar-refractivity contribution in [2.75, 3.05) is 13.7 Å². The summed E-state index contributed by atoms with van der Waals surface area (Å²) in [5, 5.41) is 2.40. The lowest BCUT2D eigenvalue weighted by molar-refractivity contribution is -0.130. The molecule has 1 aromatic heterocycles. The maximum atomic E-state index is 12.7. The molecule has 28 heavy (non-hydrogen) atoms. The van der Waals surface area contributed by atoms with Gasteiger partial charge in [-0.3, -0.25) is 19.8 Å². The molecule has 0 aliphatic carbocycles. The van der Waals surface area contributed by atoms with Gasteiger partial charge in [-0.15, -0.1) is 0 Å². The molecule has 0 atom stereocenters. The molecule has 0 bridgehead atoms. The van der Waals surface area contributed by atoms with E-state index in [0.29, 0.717) is 29.4 Å². The fraction of sp³-hybridized carbons (Fsp3) is 0.211. The van der Waals surface area contributed by atoms with Crippen LogP contribution in [-0.2, 0) is 16.1 Å². The molecule has 1 aromatic carbocycles. The van der Waals surface area contributed by atoms with Crippen LogP contribution in [0, 0.1) is 0 Å². The molecule has 146 valence electrons. The number of rotatable bonds is 6. The first-order chi connectivity index (χ1) is 13.4. The van der Waals surface area contributed by atoms with Gasteiger partial charge in [0.05, 0.1) is 31.5 Å². The largest absolute Gasteiger partial charge is 0.491 e. The number of hydrogen-bond donors (Lipinski definition) is 1. The number of ether oxygens (including phenoxy) is 2. The summed E-state index contributed by atoms with van der Waals surface area (Å²) in [6.45, 7) is 2.07. The second-order valence-electron chi connectivity index (χ2n) is 5.76. The summed E-state index contributed by atoms with van der Waals surface area (Å²) in [6.07, 6.45) is 2.77. The number of urea groups is 1. The zero-order valence-corrected chi connectivity index (χ0v) is 15.9. The van der Waals surface area contributed by atoms with Crippen LogP contribution in [0.5, 0.6) is 11.5 Å². The van der Waals surface area contributed by atoms with Crippen molar-refractivity contribution in [1.29, 1.82) is 0 Å². The number of hydrogen-bond acceptors (Lipinski definition) is 6. The van der Waals surface area contributed by atoms with Crippen molar-refractivity contribution in [3.63, 3.8) is 0 Å². The number of furan rings is 1. The van der Waals surface area contributed by atoms with E-state index in [4.69, 9.17) is 25.5 Å². The van der Waals surface area contributed by atoms with Gasteiger partial charge in [-0.1, -0.05) is 11.6 Å². The molecule has 0 spiro atoms. The second-order valence-corrected chi connectivity index (χ2v) is 6.16. The van der Waals surface area contributed by atoms with Gasteiger partial charge in [0.1, 0.15) is 11.3 Å². The van der Waals surface area contributed by atoms with Crippen LogP contribution < -0.4 is 14.8 Å². The van der Waals surface area contributed by atoms with Crippen LogP contribution in [0.3, 0.4) is 0 Å². The van der Waals surface area contributed by atoms with Crippen molar-refractivity contribution in [1.82, 2.24) is 10.2 Å². The zero-order valence-electron chi connectivity index (χ0n) is 15.2. The average Bonchev–Trinajstić information content (AvgIpc) is 3.16. The number of nitrogens with one attached hydrogen (secondary N) is 1. The Balaban J connectivity index is 1.96. The van der Waals surface area contributed by atoms with Crippen LogP contribution in [-0.4, -0.2) is 36.5 Å². The molecule has 9 heteroatoms. The summed E-state index contributed by atoms with van der Waals surface area (Å²) < 4.78 is 15.9. The van der Waals surface area contributed by atoms with E-state index in [0.717, 1.165) is 4.90 Å². The van der Waals surface area contributed by atoms with Gasteiger partial charge in [0.15, 0.2) is 11.5 Å². The standard InChI is InChI=1S/C19H17ClN2O6/c1-3-27-15-9-11(8-14(20)16(15)26-2)7-13-17(23)21-19(25)22(18(13)24)10-12-5-4-6-28-12/h4-9H,3,10H2,1-2H3,(H,21,23,25)/b13-7+. The Morgan fingerprint density at radius 1 is 1.29 bits per heavy atom. The number of nitrogens with zero attached hydrogens (tertiary/aromatic N) is 1. The summed E-state index contributed by atoms with van der Waals surface area (Å²) in [7, 11) is 1.46. The van der Waals surface area contributed by atoms with Crippen molar-refractivity contribution in [3.05, 3.63) is 52.4 Å². The highest BCUT2D eigenvalue weighted by Crippen LogP contribution is 2.37. The van der Waals surface area contributed by atoms with E-state index in [1.807, 2.05) is 0 Å². The molecule has 0 radical (unpaired) electrons. The Kier molecular flexibility index (Phi) is 5.70. The molecule has 1 aliphatic heterocycles. The van der Waals surface area contributed by atoms with Gasteiger partial charge in [0.2, 0.25) is 0 Å². The number of carbonyl (C=O) groups excluding carboxylic acids is 3. The van der Waals surface area contributed by atoms with Gasteiger partial charge in [-0.25, -0.2) is 4.79 Å². The first-order valence-corrected chi connectivity index (χ1v) is 8.74. The fourth-order valence-corrected chi connectivity index (χ4v) is 2.99. The zero-order chi connectivity index (χ0) is 20.3. The maximum Gasteiger partial charge on any atom is 0.331 e. The number of carbonyl (C=O) groups is 3. The van der Waals surface area contributed by atoms with Crippen molar-refractivity contribution in [3.8, 4) is 11.5 Å². The minimum atomic E-state index is -0.814. The third-order valence-corrected chi connectivity index (χ3v) is 4.21. The van der Waals surface area contributed by atoms with Crippen LogP contribution in [0.2, 0.25) is 5.02 Å². The molecular formula is C19H17ClN2O6. The fourth-order valence-electron chi connectivity index (χ4n) is 2.69. The van der Waals surface area contributed by atoms with Crippen LogP contribution >= 0.6 is 11.6 Å². The van der Waals surface area contributed by atoms with E-state index in [1.54, 1.807) is 25.1 Å². The lowest BCUT2D eigenvalue weighted by atomic mass is 10.1. The van der Waals surface area contributed by atoms with Gasteiger partial charge < -0.3 is 13.9 Å². The van der Waals surface area contributed by atoms with E-state index in [9.17, 15) is 14.4 Å². The van der Waals surface area contributed by atoms with Gasteiger partial charge in [0.25, 0.3) is 11.8 Å². The predicted molar refractivity (Wildman–Crippen MR) is 99.9 cm³/mol. The van der Waals surface area contributed by atoms with Gasteiger partial charge in [0, 0.05) is 0 Å². The highest BCUT2D eigenvalue weighted by atomic mass is 35.5. The van der Waals surface area contributed by atoms with Crippen LogP contribution in [0.1, 0.15) is 18.2 Å². The number of halogens is 1. The monoisotopic (exact) mass is 404 g/mol. The van der Waals surface area contributed by atoms with Crippen molar-refractivity contribution >= 4 is 35.5 Å². The highest BCUT2D eigenvalue weighted by Gasteiger charge is 2.36. The molecule has 8 nitrogen and oxygen atoms in total. The molecule has 1 N–H and O–H groups in total. The van der Waals surface area contributed by atoms with E-state index in [-0.39, 0.29) is 17.1 Å². The topological polar surface area (TPSA) is 98.1 Å². The molecule has 2 aromatic rings. The van der Waals surface area contributed by atoms with Crippen molar-refractivity contribution in [2.45, 2.75) is 13.5 Å². The summed E-state index contributed by atoms with van der Waals surface area (Å²) >= 11 is 6.21.